The van der Waals surface area contributed by atoms with Crippen molar-refractivity contribution < 1.29 is 14.6 Å². The Labute approximate surface area is 128 Å². The Hall–Kier alpha value is -1.05. The summed E-state index contributed by atoms with van der Waals surface area (Å²) in [5.41, 5.74) is 0.500. The number of nitrogens with zero attached hydrogens (tertiary/aromatic N) is 1. The van der Waals surface area contributed by atoms with Crippen LogP contribution in [0.1, 0.15) is 5.56 Å². The molecule has 4 nitrogen and oxygen atoms in total. The number of thiocarbonyl (C=S) groups is 1. The third kappa shape index (κ3) is 2.77. The summed E-state index contributed by atoms with van der Waals surface area (Å²) in [6.07, 6.45) is 1.60. The molecule has 1 heterocycles. The Morgan fingerprint density at radius 2 is 2.21 bits per heavy atom. The number of hydrogen-bond donors (Lipinski definition) is 1. The standard InChI is InChI=1S/C12H10BrNO3S2/c1-14-11(16)9(19-12(14)18)4-6-3-7(13)5-8(17-2)10(6)15/h3-5,15H,1-2H3/b9-4-. The van der Waals surface area contributed by atoms with Gasteiger partial charge in [0.25, 0.3) is 5.91 Å². The van der Waals surface area contributed by atoms with Gasteiger partial charge in [-0.25, -0.2) is 0 Å². The van der Waals surface area contributed by atoms with E-state index < -0.39 is 0 Å². The molecule has 100 valence electrons. The monoisotopic (exact) mass is 359 g/mol. The number of carbonyl (C=O) groups is 1. The van der Waals surface area contributed by atoms with E-state index in [1.54, 1.807) is 25.3 Å². The number of phenolic OH excluding ortho intramolecular Hbond substituents is 1. The lowest BCUT2D eigenvalue weighted by Crippen LogP contribution is -2.22. The zero-order chi connectivity index (χ0) is 14.2. The van der Waals surface area contributed by atoms with E-state index in [2.05, 4.69) is 15.9 Å². The lowest BCUT2D eigenvalue weighted by Gasteiger charge is -2.07. The molecule has 0 atom stereocenters. The van der Waals surface area contributed by atoms with Crippen molar-refractivity contribution in [3.63, 3.8) is 0 Å². The zero-order valence-electron chi connectivity index (χ0n) is 10.1. The van der Waals surface area contributed by atoms with Crippen molar-refractivity contribution in [1.29, 1.82) is 0 Å². The summed E-state index contributed by atoms with van der Waals surface area (Å²) in [5, 5.41) is 10.0. The Bertz CT molecular complexity index is 601. The molecular formula is C12H10BrNO3S2. The Morgan fingerprint density at radius 3 is 2.74 bits per heavy atom. The molecule has 0 radical (unpaired) electrons. The molecule has 0 aromatic heterocycles. The normalized spacial score (nSPS) is 17.4. The van der Waals surface area contributed by atoms with Crippen molar-refractivity contribution in [2.24, 2.45) is 0 Å². The summed E-state index contributed by atoms with van der Waals surface area (Å²) in [5.74, 6) is 0.160. The van der Waals surface area contributed by atoms with E-state index in [4.69, 9.17) is 17.0 Å². The molecule has 0 bridgehead atoms. The van der Waals surface area contributed by atoms with Crippen molar-refractivity contribution in [1.82, 2.24) is 4.90 Å². The van der Waals surface area contributed by atoms with Crippen molar-refractivity contribution >= 4 is 56.2 Å². The molecule has 1 saturated heterocycles. The minimum Gasteiger partial charge on any atom is -0.504 e. The maximum Gasteiger partial charge on any atom is 0.265 e. The number of rotatable bonds is 2. The number of amides is 1. The average molecular weight is 360 g/mol. The second-order valence-electron chi connectivity index (χ2n) is 3.79. The second-order valence-corrected chi connectivity index (χ2v) is 6.38. The number of methoxy groups -OCH3 is 1. The van der Waals surface area contributed by atoms with Crippen LogP contribution >= 0.6 is 39.9 Å². The Kier molecular flexibility index (Phi) is 4.17. The molecule has 0 saturated carbocycles. The van der Waals surface area contributed by atoms with Gasteiger partial charge in [0.2, 0.25) is 0 Å². The first-order chi connectivity index (χ1) is 8.93. The van der Waals surface area contributed by atoms with Crippen LogP contribution in [0.5, 0.6) is 11.5 Å². The molecule has 1 aromatic rings. The smallest absolute Gasteiger partial charge is 0.265 e. The Balaban J connectivity index is 2.47. The van der Waals surface area contributed by atoms with E-state index in [0.717, 1.165) is 4.47 Å². The number of likely N-dealkylation sites (N-methyl/N-ethyl adjacent to an activating group) is 1. The van der Waals surface area contributed by atoms with Gasteiger partial charge in [-0.15, -0.1) is 0 Å². The summed E-state index contributed by atoms with van der Waals surface area (Å²) in [4.78, 5) is 13.8. The number of phenols is 1. The highest BCUT2D eigenvalue weighted by molar-refractivity contribution is 9.10. The predicted molar refractivity (Wildman–Crippen MR) is 83.3 cm³/mol. The van der Waals surface area contributed by atoms with Crippen LogP contribution in [0.15, 0.2) is 21.5 Å². The van der Waals surface area contributed by atoms with Crippen molar-refractivity contribution in [3.05, 3.63) is 27.1 Å². The summed E-state index contributed by atoms with van der Waals surface area (Å²) < 4.78 is 6.31. The van der Waals surface area contributed by atoms with Crippen LogP contribution < -0.4 is 4.74 Å². The van der Waals surface area contributed by atoms with Crippen molar-refractivity contribution in [2.75, 3.05) is 14.2 Å². The number of ether oxygens (including phenoxy) is 1. The van der Waals surface area contributed by atoms with Gasteiger partial charge >= 0.3 is 0 Å². The number of hydrogen-bond acceptors (Lipinski definition) is 5. The SMILES string of the molecule is COc1cc(Br)cc(/C=C2\SC(=S)N(C)C2=O)c1O. The molecule has 2 rings (SSSR count). The number of carbonyl (C=O) groups excluding carboxylic acids is 1. The van der Waals surface area contributed by atoms with Crippen LogP contribution in [0, 0.1) is 0 Å². The largest absolute Gasteiger partial charge is 0.504 e. The topological polar surface area (TPSA) is 49.8 Å². The molecule has 1 N–H and O–H groups in total. The molecule has 0 unspecified atom stereocenters. The van der Waals surface area contributed by atoms with Crippen LogP contribution in [0.3, 0.4) is 0 Å². The second kappa shape index (κ2) is 5.52. The Morgan fingerprint density at radius 1 is 1.53 bits per heavy atom. The minimum atomic E-state index is -0.173. The molecule has 1 fully saturated rings. The molecule has 19 heavy (non-hydrogen) atoms. The van der Waals surface area contributed by atoms with Gasteiger partial charge in [0, 0.05) is 17.1 Å². The van der Waals surface area contributed by atoms with Gasteiger partial charge in [-0.3, -0.25) is 9.69 Å². The van der Waals surface area contributed by atoms with Crippen LogP contribution in [0.4, 0.5) is 0 Å². The fraction of sp³-hybridized carbons (Fsp3) is 0.167. The third-order valence-corrected chi connectivity index (χ3v) is 4.50. The summed E-state index contributed by atoms with van der Waals surface area (Å²) in [7, 11) is 3.09. The van der Waals surface area contributed by atoms with E-state index in [1.807, 2.05) is 0 Å². The highest BCUT2D eigenvalue weighted by Gasteiger charge is 2.29. The molecule has 1 aliphatic heterocycles. The average Bonchev–Trinajstić information content (AvgIpc) is 2.61. The number of thioether (sulfide) groups is 1. The molecule has 0 spiro atoms. The van der Waals surface area contributed by atoms with Gasteiger partial charge in [-0.1, -0.05) is 39.9 Å². The van der Waals surface area contributed by atoms with E-state index in [-0.39, 0.29) is 11.7 Å². The highest BCUT2D eigenvalue weighted by Crippen LogP contribution is 2.38. The fourth-order valence-electron chi connectivity index (χ4n) is 1.55. The lowest BCUT2D eigenvalue weighted by atomic mass is 10.1. The van der Waals surface area contributed by atoms with Gasteiger partial charge in [-0.05, 0) is 18.2 Å². The number of aromatic hydroxyl groups is 1. The van der Waals surface area contributed by atoms with E-state index >= 15 is 0 Å². The number of halogens is 1. The molecule has 1 aromatic carbocycles. The maximum atomic E-state index is 11.9. The van der Waals surface area contributed by atoms with Crippen molar-refractivity contribution in [3.8, 4) is 11.5 Å². The quantitative estimate of drug-likeness (QED) is 0.649. The maximum absolute atomic E-state index is 11.9. The lowest BCUT2D eigenvalue weighted by molar-refractivity contribution is -0.121. The van der Waals surface area contributed by atoms with Crippen LogP contribution in [-0.2, 0) is 4.79 Å². The summed E-state index contributed by atoms with van der Waals surface area (Å²) >= 11 is 9.58. The predicted octanol–water partition coefficient (Wildman–Crippen LogP) is 2.99. The van der Waals surface area contributed by atoms with Gasteiger partial charge in [0.15, 0.2) is 11.5 Å². The number of benzene rings is 1. The van der Waals surface area contributed by atoms with Crippen LogP contribution in [0.25, 0.3) is 6.08 Å². The van der Waals surface area contributed by atoms with Gasteiger partial charge in [0.05, 0.1) is 12.0 Å². The highest BCUT2D eigenvalue weighted by atomic mass is 79.9. The first kappa shape index (κ1) is 14.4. The molecule has 7 heteroatoms. The molecule has 1 amide bonds. The fourth-order valence-corrected chi connectivity index (χ4v) is 3.17. The van der Waals surface area contributed by atoms with Gasteiger partial charge in [-0.2, -0.15) is 0 Å². The van der Waals surface area contributed by atoms with Gasteiger partial charge in [0.1, 0.15) is 4.32 Å². The van der Waals surface area contributed by atoms with E-state index in [9.17, 15) is 9.90 Å². The minimum absolute atomic E-state index is 0.00734. The van der Waals surface area contributed by atoms with Gasteiger partial charge < -0.3 is 9.84 Å². The first-order valence-corrected chi connectivity index (χ1v) is 7.24. The van der Waals surface area contributed by atoms with E-state index in [1.165, 1.54) is 23.8 Å². The van der Waals surface area contributed by atoms with Crippen molar-refractivity contribution in [2.45, 2.75) is 0 Å². The first-order valence-electron chi connectivity index (χ1n) is 5.22. The molecule has 1 aliphatic rings. The van der Waals surface area contributed by atoms with E-state index in [0.29, 0.717) is 20.5 Å². The molecular weight excluding hydrogens is 350 g/mol. The summed E-state index contributed by atoms with van der Waals surface area (Å²) in [6.45, 7) is 0. The zero-order valence-corrected chi connectivity index (χ0v) is 13.4. The van der Waals surface area contributed by atoms with Crippen LogP contribution in [0.2, 0.25) is 0 Å². The summed E-state index contributed by atoms with van der Waals surface area (Å²) in [6, 6.07) is 3.36. The third-order valence-electron chi connectivity index (χ3n) is 2.56. The molecule has 0 aliphatic carbocycles. The van der Waals surface area contributed by atoms with Crippen LogP contribution in [-0.4, -0.2) is 34.4 Å².